The van der Waals surface area contributed by atoms with Gasteiger partial charge in [-0.3, -0.25) is 0 Å². The SMILES string of the molecule is [CH2]C1=CCN(CC)C=C1. The molecule has 0 aliphatic carbocycles. The van der Waals surface area contributed by atoms with Gasteiger partial charge in [-0.2, -0.15) is 0 Å². The van der Waals surface area contributed by atoms with Crippen molar-refractivity contribution in [2.75, 3.05) is 13.1 Å². The first kappa shape index (κ1) is 6.40. The summed E-state index contributed by atoms with van der Waals surface area (Å²) in [4.78, 5) is 2.23. The highest BCUT2D eigenvalue weighted by Gasteiger charge is 1.96. The molecule has 0 unspecified atom stereocenters. The Hall–Kier alpha value is -0.720. The van der Waals surface area contributed by atoms with Crippen LogP contribution in [0.5, 0.6) is 0 Å². The van der Waals surface area contributed by atoms with Crippen molar-refractivity contribution < 1.29 is 0 Å². The van der Waals surface area contributed by atoms with Gasteiger partial charge in [0, 0.05) is 13.1 Å². The van der Waals surface area contributed by atoms with E-state index >= 15 is 0 Å². The van der Waals surface area contributed by atoms with Gasteiger partial charge in [-0.15, -0.1) is 0 Å². The van der Waals surface area contributed by atoms with Crippen LogP contribution in [0, 0.1) is 6.92 Å². The lowest BCUT2D eigenvalue weighted by Crippen LogP contribution is -2.18. The summed E-state index contributed by atoms with van der Waals surface area (Å²) in [6.45, 7) is 8.06. The fraction of sp³-hybridized carbons (Fsp3) is 0.375. The van der Waals surface area contributed by atoms with Crippen LogP contribution in [0.3, 0.4) is 0 Å². The molecule has 0 saturated carbocycles. The smallest absolute Gasteiger partial charge is 0.0359 e. The van der Waals surface area contributed by atoms with Crippen LogP contribution in [0.25, 0.3) is 0 Å². The number of hydrogen-bond donors (Lipinski definition) is 0. The van der Waals surface area contributed by atoms with Crippen LogP contribution in [0.4, 0.5) is 0 Å². The highest BCUT2D eigenvalue weighted by molar-refractivity contribution is 5.24. The molecule has 1 heterocycles. The second-order valence-electron chi connectivity index (χ2n) is 2.18. The van der Waals surface area contributed by atoms with Crippen molar-refractivity contribution in [1.29, 1.82) is 0 Å². The van der Waals surface area contributed by atoms with E-state index in [0.717, 1.165) is 18.7 Å². The second-order valence-corrected chi connectivity index (χ2v) is 2.18. The van der Waals surface area contributed by atoms with Gasteiger partial charge in [0.2, 0.25) is 0 Å². The van der Waals surface area contributed by atoms with Crippen LogP contribution >= 0.6 is 0 Å². The second kappa shape index (κ2) is 2.72. The Morgan fingerprint density at radius 2 is 2.56 bits per heavy atom. The highest BCUT2D eigenvalue weighted by Crippen LogP contribution is 2.03. The highest BCUT2D eigenvalue weighted by atomic mass is 15.1. The molecular weight excluding hydrogens is 110 g/mol. The zero-order valence-electron chi connectivity index (χ0n) is 5.80. The minimum absolute atomic E-state index is 1.02. The van der Waals surface area contributed by atoms with E-state index in [1.165, 1.54) is 0 Å². The first-order chi connectivity index (χ1) is 4.33. The normalized spacial score (nSPS) is 18.0. The average molecular weight is 122 g/mol. The molecule has 1 aliphatic rings. The van der Waals surface area contributed by atoms with Crippen molar-refractivity contribution in [2.24, 2.45) is 0 Å². The van der Waals surface area contributed by atoms with Gasteiger partial charge >= 0.3 is 0 Å². The zero-order chi connectivity index (χ0) is 6.69. The van der Waals surface area contributed by atoms with Gasteiger partial charge in [-0.05, 0) is 31.7 Å². The predicted molar refractivity (Wildman–Crippen MR) is 39.8 cm³/mol. The van der Waals surface area contributed by atoms with Crippen LogP contribution in [-0.2, 0) is 0 Å². The molecule has 1 heteroatoms. The van der Waals surface area contributed by atoms with E-state index in [2.05, 4.69) is 31.0 Å². The molecule has 0 aromatic rings. The Morgan fingerprint density at radius 3 is 3.00 bits per heavy atom. The molecule has 1 aliphatic heterocycles. The Balaban J connectivity index is 2.48. The van der Waals surface area contributed by atoms with Crippen molar-refractivity contribution >= 4 is 0 Å². The molecule has 0 N–H and O–H groups in total. The number of rotatable bonds is 1. The number of allylic oxidation sites excluding steroid dienone is 2. The molecule has 1 nitrogen and oxygen atoms in total. The predicted octanol–water partition coefficient (Wildman–Crippen LogP) is 1.60. The Kier molecular flexibility index (Phi) is 1.93. The molecule has 0 aromatic carbocycles. The van der Waals surface area contributed by atoms with E-state index in [4.69, 9.17) is 0 Å². The molecule has 0 spiro atoms. The minimum Gasteiger partial charge on any atom is -0.374 e. The summed E-state index contributed by atoms with van der Waals surface area (Å²) in [7, 11) is 0. The first-order valence-corrected chi connectivity index (χ1v) is 3.27. The van der Waals surface area contributed by atoms with E-state index in [9.17, 15) is 0 Å². The largest absolute Gasteiger partial charge is 0.374 e. The summed E-state index contributed by atoms with van der Waals surface area (Å²) in [5.74, 6) is 0. The Labute approximate surface area is 56.7 Å². The molecule has 9 heavy (non-hydrogen) atoms. The molecule has 1 radical (unpaired) electrons. The molecule has 0 atom stereocenters. The summed E-state index contributed by atoms with van der Waals surface area (Å²) in [6.07, 6.45) is 6.25. The summed E-state index contributed by atoms with van der Waals surface area (Å²) in [5, 5.41) is 0. The third-order valence-electron chi connectivity index (χ3n) is 1.49. The van der Waals surface area contributed by atoms with Gasteiger partial charge in [0.15, 0.2) is 0 Å². The summed E-state index contributed by atoms with van der Waals surface area (Å²) >= 11 is 0. The maximum Gasteiger partial charge on any atom is 0.0359 e. The third kappa shape index (κ3) is 1.60. The maximum absolute atomic E-state index is 3.81. The average Bonchev–Trinajstić information content (AvgIpc) is 1.90. The number of nitrogens with zero attached hydrogens (tertiary/aromatic N) is 1. The van der Waals surface area contributed by atoms with E-state index in [-0.39, 0.29) is 0 Å². The van der Waals surface area contributed by atoms with Gasteiger partial charge in [0.1, 0.15) is 0 Å². The molecule has 0 aromatic heterocycles. The lowest BCUT2D eigenvalue weighted by molar-refractivity contribution is 0.434. The molecule has 49 valence electrons. The van der Waals surface area contributed by atoms with Crippen LogP contribution in [0.15, 0.2) is 23.9 Å². The summed E-state index contributed by atoms with van der Waals surface area (Å²) < 4.78 is 0. The molecule has 0 amide bonds. The van der Waals surface area contributed by atoms with E-state index in [0.29, 0.717) is 0 Å². The number of hydrogen-bond acceptors (Lipinski definition) is 1. The van der Waals surface area contributed by atoms with Crippen molar-refractivity contribution in [1.82, 2.24) is 4.90 Å². The van der Waals surface area contributed by atoms with Crippen molar-refractivity contribution in [3.63, 3.8) is 0 Å². The van der Waals surface area contributed by atoms with Crippen LogP contribution in [0.1, 0.15) is 6.92 Å². The van der Waals surface area contributed by atoms with Crippen LogP contribution in [-0.4, -0.2) is 18.0 Å². The maximum atomic E-state index is 3.81. The summed E-state index contributed by atoms with van der Waals surface area (Å²) in [6, 6.07) is 0. The lowest BCUT2D eigenvalue weighted by Gasteiger charge is -2.18. The quantitative estimate of drug-likeness (QED) is 0.510. The molecule has 1 rings (SSSR count). The van der Waals surface area contributed by atoms with Crippen molar-refractivity contribution in [2.45, 2.75) is 6.92 Å². The molecule has 0 bridgehead atoms. The van der Waals surface area contributed by atoms with Gasteiger partial charge in [0.05, 0.1) is 0 Å². The zero-order valence-corrected chi connectivity index (χ0v) is 5.80. The topological polar surface area (TPSA) is 3.24 Å². The van der Waals surface area contributed by atoms with Gasteiger partial charge in [0.25, 0.3) is 0 Å². The third-order valence-corrected chi connectivity index (χ3v) is 1.49. The van der Waals surface area contributed by atoms with Crippen LogP contribution in [0.2, 0.25) is 0 Å². The lowest BCUT2D eigenvalue weighted by atomic mass is 10.2. The van der Waals surface area contributed by atoms with Crippen molar-refractivity contribution in [3.05, 3.63) is 30.8 Å². The molecule has 0 saturated heterocycles. The minimum atomic E-state index is 1.02. The van der Waals surface area contributed by atoms with Crippen molar-refractivity contribution in [3.8, 4) is 0 Å². The van der Waals surface area contributed by atoms with Gasteiger partial charge in [-0.1, -0.05) is 6.08 Å². The van der Waals surface area contributed by atoms with Gasteiger partial charge < -0.3 is 4.90 Å². The first-order valence-electron chi connectivity index (χ1n) is 3.27. The molecule has 0 fully saturated rings. The standard InChI is InChI=1S/C8H12N/c1-3-9-6-4-8(2)5-7-9/h4-6H,2-3,7H2,1H3. The fourth-order valence-corrected chi connectivity index (χ4v) is 0.799. The number of likely N-dealkylation sites (N-methyl/N-ethyl adjacent to an activating group) is 1. The van der Waals surface area contributed by atoms with E-state index < -0.39 is 0 Å². The van der Waals surface area contributed by atoms with E-state index in [1.807, 2.05) is 6.08 Å². The van der Waals surface area contributed by atoms with Crippen LogP contribution < -0.4 is 0 Å². The van der Waals surface area contributed by atoms with E-state index in [1.54, 1.807) is 0 Å². The monoisotopic (exact) mass is 122 g/mol. The fourth-order valence-electron chi connectivity index (χ4n) is 0.799. The Bertz CT molecular complexity index is 145. The Morgan fingerprint density at radius 1 is 1.78 bits per heavy atom. The summed E-state index contributed by atoms with van der Waals surface area (Å²) in [5.41, 5.74) is 1.12. The van der Waals surface area contributed by atoms with Gasteiger partial charge in [-0.25, -0.2) is 0 Å². The molecular formula is C8H12N.